The summed E-state index contributed by atoms with van der Waals surface area (Å²) in [5.41, 5.74) is 0.847. The van der Waals surface area contributed by atoms with Crippen molar-refractivity contribution in [2.45, 2.75) is 0 Å². The van der Waals surface area contributed by atoms with E-state index in [0.717, 1.165) is 5.69 Å². The lowest BCUT2D eigenvalue weighted by atomic mass is 10.3. The number of nitrogens with one attached hydrogen (secondary N) is 2. The van der Waals surface area contributed by atoms with Gasteiger partial charge in [-0.2, -0.15) is 4.39 Å². The summed E-state index contributed by atoms with van der Waals surface area (Å²) < 4.78 is 12.8. The summed E-state index contributed by atoms with van der Waals surface area (Å²) in [5, 5.41) is 5.45. The van der Waals surface area contributed by atoms with Gasteiger partial charge in [0.1, 0.15) is 5.82 Å². The Morgan fingerprint density at radius 3 is 2.61 bits per heavy atom. The van der Waals surface area contributed by atoms with Crippen LogP contribution in [-0.2, 0) is 4.79 Å². The van der Waals surface area contributed by atoms with E-state index in [1.807, 2.05) is 30.3 Å². The summed E-state index contributed by atoms with van der Waals surface area (Å²) in [6.45, 7) is 0.0994. The van der Waals surface area contributed by atoms with Crippen LogP contribution >= 0.6 is 0 Å². The van der Waals surface area contributed by atoms with E-state index >= 15 is 0 Å². The van der Waals surface area contributed by atoms with Gasteiger partial charge in [0.15, 0.2) is 0 Å². The fraction of sp³-hybridized carbons (Fsp3) is 0.0769. The second kappa shape index (κ2) is 5.77. The van der Waals surface area contributed by atoms with Crippen molar-refractivity contribution in [1.82, 2.24) is 4.98 Å². The number of hydrogen-bond donors (Lipinski definition) is 2. The maximum Gasteiger partial charge on any atom is 0.244 e. The average molecular weight is 245 g/mol. The first-order chi connectivity index (χ1) is 8.74. The molecule has 1 heterocycles. The molecule has 2 N–H and O–H groups in total. The highest BCUT2D eigenvalue weighted by Crippen LogP contribution is 2.05. The van der Waals surface area contributed by atoms with Crippen LogP contribution < -0.4 is 10.6 Å². The minimum absolute atomic E-state index is 0.0994. The van der Waals surface area contributed by atoms with Crippen molar-refractivity contribution in [3.63, 3.8) is 0 Å². The smallest absolute Gasteiger partial charge is 0.244 e. The number of pyridine rings is 1. The van der Waals surface area contributed by atoms with Crippen molar-refractivity contribution in [3.8, 4) is 0 Å². The van der Waals surface area contributed by atoms with Gasteiger partial charge in [0.25, 0.3) is 0 Å². The van der Waals surface area contributed by atoms with Gasteiger partial charge in [-0.25, -0.2) is 4.98 Å². The number of benzene rings is 1. The van der Waals surface area contributed by atoms with Crippen molar-refractivity contribution >= 4 is 17.4 Å². The first kappa shape index (κ1) is 12.0. The fourth-order valence-electron chi connectivity index (χ4n) is 1.40. The Morgan fingerprint density at radius 2 is 1.89 bits per heavy atom. The quantitative estimate of drug-likeness (QED) is 0.812. The van der Waals surface area contributed by atoms with Crippen LogP contribution in [0.3, 0.4) is 0 Å². The van der Waals surface area contributed by atoms with Crippen LogP contribution in [0, 0.1) is 5.95 Å². The number of carbonyl (C=O) groups excluding carboxylic acids is 1. The van der Waals surface area contributed by atoms with Gasteiger partial charge in [-0.05, 0) is 24.3 Å². The number of hydrogen-bond acceptors (Lipinski definition) is 3. The van der Waals surface area contributed by atoms with Gasteiger partial charge in [0, 0.05) is 5.69 Å². The highest BCUT2D eigenvalue weighted by atomic mass is 19.1. The highest BCUT2D eigenvalue weighted by molar-refractivity contribution is 5.92. The Hall–Kier alpha value is -2.43. The summed E-state index contributed by atoms with van der Waals surface area (Å²) >= 11 is 0. The first-order valence-electron chi connectivity index (χ1n) is 5.45. The van der Waals surface area contributed by atoms with Gasteiger partial charge < -0.3 is 10.6 Å². The molecule has 4 nitrogen and oxygen atoms in total. The molecule has 1 aromatic heterocycles. The Balaban J connectivity index is 1.86. The second-order valence-electron chi connectivity index (χ2n) is 3.61. The average Bonchev–Trinajstić information content (AvgIpc) is 2.38. The van der Waals surface area contributed by atoms with Crippen molar-refractivity contribution in [2.75, 3.05) is 17.2 Å². The number of anilines is 2. The van der Waals surface area contributed by atoms with E-state index in [1.54, 1.807) is 0 Å². The standard InChI is InChI=1S/C13H12FN3O/c14-11-7-4-8-12(16-11)17-13(18)9-15-10-5-2-1-3-6-10/h1-8,15H,9H2,(H,16,17,18). The highest BCUT2D eigenvalue weighted by Gasteiger charge is 2.03. The van der Waals surface area contributed by atoms with E-state index < -0.39 is 5.95 Å². The van der Waals surface area contributed by atoms with Crippen LogP contribution in [0.4, 0.5) is 15.9 Å². The molecule has 0 aliphatic carbocycles. The van der Waals surface area contributed by atoms with E-state index in [9.17, 15) is 9.18 Å². The number of para-hydroxylation sites is 1. The molecule has 0 saturated heterocycles. The van der Waals surface area contributed by atoms with Crippen molar-refractivity contribution in [1.29, 1.82) is 0 Å². The third-order valence-electron chi connectivity index (χ3n) is 2.21. The van der Waals surface area contributed by atoms with Crippen LogP contribution in [0.2, 0.25) is 0 Å². The molecule has 0 spiro atoms. The molecule has 0 atom stereocenters. The lowest BCUT2D eigenvalue weighted by Crippen LogP contribution is -2.22. The van der Waals surface area contributed by atoms with E-state index in [0.29, 0.717) is 0 Å². The van der Waals surface area contributed by atoms with Crippen LogP contribution in [0.25, 0.3) is 0 Å². The molecule has 92 valence electrons. The predicted octanol–water partition coefficient (Wildman–Crippen LogP) is 2.27. The van der Waals surface area contributed by atoms with Crippen molar-refractivity contribution in [3.05, 3.63) is 54.5 Å². The normalized spacial score (nSPS) is 9.83. The summed E-state index contributed by atoms with van der Waals surface area (Å²) in [6.07, 6.45) is 0. The summed E-state index contributed by atoms with van der Waals surface area (Å²) in [7, 11) is 0. The first-order valence-corrected chi connectivity index (χ1v) is 5.45. The van der Waals surface area contributed by atoms with Gasteiger partial charge in [-0.3, -0.25) is 4.79 Å². The van der Waals surface area contributed by atoms with Crippen LogP contribution in [0.1, 0.15) is 0 Å². The van der Waals surface area contributed by atoms with Crippen molar-refractivity contribution < 1.29 is 9.18 Å². The largest absolute Gasteiger partial charge is 0.376 e. The van der Waals surface area contributed by atoms with E-state index in [-0.39, 0.29) is 18.3 Å². The van der Waals surface area contributed by atoms with Crippen LogP contribution in [0.15, 0.2) is 48.5 Å². The number of halogens is 1. The Bertz CT molecular complexity index is 531. The number of nitrogens with zero attached hydrogens (tertiary/aromatic N) is 1. The molecule has 2 rings (SSSR count). The molecule has 0 fully saturated rings. The summed E-state index contributed by atoms with van der Waals surface area (Å²) in [5.74, 6) is -0.698. The monoisotopic (exact) mass is 245 g/mol. The summed E-state index contributed by atoms with van der Waals surface area (Å²) in [6, 6.07) is 13.6. The van der Waals surface area contributed by atoms with Crippen LogP contribution in [0.5, 0.6) is 0 Å². The molecule has 1 amide bonds. The third-order valence-corrected chi connectivity index (χ3v) is 2.21. The molecule has 18 heavy (non-hydrogen) atoms. The third kappa shape index (κ3) is 3.55. The van der Waals surface area contributed by atoms with Gasteiger partial charge in [0.05, 0.1) is 6.54 Å². The molecule has 5 heteroatoms. The molecular formula is C13H12FN3O. The maximum atomic E-state index is 12.8. The minimum Gasteiger partial charge on any atom is -0.376 e. The number of rotatable bonds is 4. The topological polar surface area (TPSA) is 54.0 Å². The SMILES string of the molecule is O=C(CNc1ccccc1)Nc1cccc(F)n1. The molecule has 2 aromatic rings. The zero-order valence-electron chi connectivity index (χ0n) is 9.56. The Labute approximate surface area is 104 Å². The molecule has 1 aromatic carbocycles. The molecule has 0 unspecified atom stereocenters. The van der Waals surface area contributed by atoms with Crippen LogP contribution in [-0.4, -0.2) is 17.4 Å². The Morgan fingerprint density at radius 1 is 1.11 bits per heavy atom. The lowest BCUT2D eigenvalue weighted by Gasteiger charge is -2.06. The molecule has 0 aliphatic rings. The second-order valence-corrected chi connectivity index (χ2v) is 3.61. The predicted molar refractivity (Wildman–Crippen MR) is 67.8 cm³/mol. The zero-order chi connectivity index (χ0) is 12.8. The molecule has 0 bridgehead atoms. The van der Waals surface area contributed by atoms with Gasteiger partial charge in [-0.15, -0.1) is 0 Å². The van der Waals surface area contributed by atoms with E-state index in [4.69, 9.17) is 0 Å². The molecule has 0 saturated carbocycles. The molecule has 0 aliphatic heterocycles. The Kier molecular flexibility index (Phi) is 3.86. The number of amides is 1. The van der Waals surface area contributed by atoms with E-state index in [1.165, 1.54) is 18.2 Å². The van der Waals surface area contributed by atoms with Gasteiger partial charge >= 0.3 is 0 Å². The lowest BCUT2D eigenvalue weighted by molar-refractivity contribution is -0.114. The van der Waals surface area contributed by atoms with Crippen molar-refractivity contribution in [2.24, 2.45) is 0 Å². The zero-order valence-corrected chi connectivity index (χ0v) is 9.56. The summed E-state index contributed by atoms with van der Waals surface area (Å²) in [4.78, 5) is 15.1. The number of aromatic nitrogens is 1. The van der Waals surface area contributed by atoms with Gasteiger partial charge in [-0.1, -0.05) is 24.3 Å². The van der Waals surface area contributed by atoms with E-state index in [2.05, 4.69) is 15.6 Å². The molecule has 0 radical (unpaired) electrons. The fourth-order valence-corrected chi connectivity index (χ4v) is 1.40. The van der Waals surface area contributed by atoms with Gasteiger partial charge in [0.2, 0.25) is 11.9 Å². The molecular weight excluding hydrogens is 233 g/mol. The maximum absolute atomic E-state index is 12.8. The number of carbonyl (C=O) groups is 1. The minimum atomic E-state index is -0.621.